The van der Waals surface area contributed by atoms with Crippen molar-refractivity contribution >= 4 is 5.91 Å². The van der Waals surface area contributed by atoms with Crippen molar-refractivity contribution in [3.8, 4) is 0 Å². The summed E-state index contributed by atoms with van der Waals surface area (Å²) in [6, 6.07) is 0. The Balaban J connectivity index is 2.24. The van der Waals surface area contributed by atoms with Crippen molar-refractivity contribution < 1.29 is 9.53 Å². The van der Waals surface area contributed by atoms with E-state index in [4.69, 9.17) is 10.5 Å². The summed E-state index contributed by atoms with van der Waals surface area (Å²) in [6.07, 6.45) is 3.26. The zero-order valence-electron chi connectivity index (χ0n) is 7.43. The lowest BCUT2D eigenvalue weighted by Crippen LogP contribution is -2.50. The molecule has 4 heteroatoms. The molecule has 0 aromatic heterocycles. The highest BCUT2D eigenvalue weighted by Crippen LogP contribution is 2.34. The van der Waals surface area contributed by atoms with Gasteiger partial charge in [0, 0.05) is 13.7 Å². The van der Waals surface area contributed by atoms with E-state index in [-0.39, 0.29) is 18.1 Å². The quantitative estimate of drug-likeness (QED) is 0.608. The maximum absolute atomic E-state index is 10.8. The molecule has 1 saturated carbocycles. The van der Waals surface area contributed by atoms with Crippen LogP contribution in [0.3, 0.4) is 0 Å². The number of hydrogen-bond acceptors (Lipinski definition) is 3. The molecule has 1 aliphatic rings. The van der Waals surface area contributed by atoms with Crippen LogP contribution in [-0.4, -0.2) is 31.7 Å². The molecule has 0 saturated heterocycles. The molecule has 0 heterocycles. The predicted octanol–water partition coefficient (Wildman–Crippen LogP) is -0.370. The molecule has 0 atom stereocenters. The second-order valence-electron chi connectivity index (χ2n) is 3.22. The van der Waals surface area contributed by atoms with Crippen LogP contribution in [0, 0.1) is 0 Å². The average molecular weight is 172 g/mol. The van der Waals surface area contributed by atoms with Crippen LogP contribution < -0.4 is 11.1 Å². The van der Waals surface area contributed by atoms with Crippen LogP contribution in [0.1, 0.15) is 19.3 Å². The number of ether oxygens (including phenoxy) is 1. The number of carbonyl (C=O) groups excluding carboxylic acids is 1. The molecule has 0 aromatic rings. The lowest BCUT2D eigenvalue weighted by molar-refractivity contribution is -0.123. The zero-order valence-corrected chi connectivity index (χ0v) is 7.43. The molecular formula is C8H16N2O2. The molecule has 1 rings (SSSR count). The molecule has 12 heavy (non-hydrogen) atoms. The summed E-state index contributed by atoms with van der Waals surface area (Å²) >= 11 is 0. The van der Waals surface area contributed by atoms with Crippen LogP contribution in [0.15, 0.2) is 0 Å². The van der Waals surface area contributed by atoms with E-state index in [1.165, 1.54) is 6.42 Å². The molecule has 1 fully saturated rings. The Hall–Kier alpha value is -0.610. The Morgan fingerprint density at radius 1 is 1.67 bits per heavy atom. The molecule has 0 unspecified atom stereocenters. The highest BCUT2D eigenvalue weighted by Gasteiger charge is 2.36. The van der Waals surface area contributed by atoms with Gasteiger partial charge in [-0.25, -0.2) is 0 Å². The van der Waals surface area contributed by atoms with Crippen LogP contribution in [0.5, 0.6) is 0 Å². The molecule has 1 aliphatic carbocycles. The molecular weight excluding hydrogens is 156 g/mol. The van der Waals surface area contributed by atoms with Gasteiger partial charge in [-0.1, -0.05) is 0 Å². The van der Waals surface area contributed by atoms with Gasteiger partial charge in [-0.05, 0) is 19.3 Å². The van der Waals surface area contributed by atoms with Gasteiger partial charge in [0.15, 0.2) is 0 Å². The van der Waals surface area contributed by atoms with E-state index in [1.807, 2.05) is 0 Å². The van der Waals surface area contributed by atoms with E-state index in [1.54, 1.807) is 7.11 Å². The molecule has 0 aromatic carbocycles. The number of nitrogens with two attached hydrogens (primary N) is 1. The maximum atomic E-state index is 10.8. The fourth-order valence-corrected chi connectivity index (χ4v) is 1.36. The normalized spacial score (nSPS) is 19.8. The third-order valence-corrected chi connectivity index (χ3v) is 2.49. The first-order valence-electron chi connectivity index (χ1n) is 4.24. The largest absolute Gasteiger partial charge is 0.376 e. The van der Waals surface area contributed by atoms with E-state index >= 15 is 0 Å². The summed E-state index contributed by atoms with van der Waals surface area (Å²) in [6.45, 7) is 0.652. The lowest BCUT2D eigenvalue weighted by atomic mass is 9.80. The van der Waals surface area contributed by atoms with Gasteiger partial charge in [-0.3, -0.25) is 4.79 Å². The van der Waals surface area contributed by atoms with Gasteiger partial charge in [0.05, 0.1) is 12.1 Å². The van der Waals surface area contributed by atoms with E-state index < -0.39 is 0 Å². The van der Waals surface area contributed by atoms with E-state index in [9.17, 15) is 4.79 Å². The van der Waals surface area contributed by atoms with Crippen LogP contribution >= 0.6 is 0 Å². The Bertz CT molecular complexity index is 161. The van der Waals surface area contributed by atoms with Crippen molar-refractivity contribution in [2.75, 3.05) is 20.2 Å². The molecule has 1 amide bonds. The number of rotatable bonds is 4. The Morgan fingerprint density at radius 3 is 2.67 bits per heavy atom. The first kappa shape index (κ1) is 9.48. The third-order valence-electron chi connectivity index (χ3n) is 2.49. The highest BCUT2D eigenvalue weighted by atomic mass is 16.5. The monoisotopic (exact) mass is 172 g/mol. The van der Waals surface area contributed by atoms with Crippen molar-refractivity contribution in [2.45, 2.75) is 24.9 Å². The average Bonchev–Trinajstić information content (AvgIpc) is 2.03. The minimum atomic E-state index is -0.113. The summed E-state index contributed by atoms with van der Waals surface area (Å²) in [5.41, 5.74) is 5.06. The van der Waals surface area contributed by atoms with Gasteiger partial charge >= 0.3 is 0 Å². The molecule has 4 nitrogen and oxygen atoms in total. The van der Waals surface area contributed by atoms with Crippen molar-refractivity contribution in [2.24, 2.45) is 5.73 Å². The number of methoxy groups -OCH3 is 1. The van der Waals surface area contributed by atoms with Gasteiger partial charge in [0.2, 0.25) is 5.91 Å². The molecule has 3 N–H and O–H groups in total. The van der Waals surface area contributed by atoms with Gasteiger partial charge in [0.1, 0.15) is 0 Å². The van der Waals surface area contributed by atoms with E-state index in [2.05, 4.69) is 5.32 Å². The number of hydrogen-bond donors (Lipinski definition) is 2. The standard InChI is InChI=1S/C8H16N2O2/c1-12-8(3-2-4-8)6-10-7(11)5-9/h2-6,9H2,1H3,(H,10,11). The summed E-state index contributed by atoms with van der Waals surface area (Å²) in [5, 5.41) is 2.74. The SMILES string of the molecule is COC1(CNC(=O)CN)CCC1. The van der Waals surface area contributed by atoms with Crippen LogP contribution in [0.4, 0.5) is 0 Å². The summed E-state index contributed by atoms with van der Waals surface area (Å²) < 4.78 is 5.31. The minimum absolute atomic E-state index is 0.0554. The molecule has 0 radical (unpaired) electrons. The zero-order chi connectivity index (χ0) is 9.03. The fourth-order valence-electron chi connectivity index (χ4n) is 1.36. The Labute approximate surface area is 72.5 Å². The lowest BCUT2D eigenvalue weighted by Gasteiger charge is -2.40. The molecule has 0 spiro atoms. The third kappa shape index (κ3) is 1.95. The first-order chi connectivity index (χ1) is 5.72. The number of amides is 1. The molecule has 0 bridgehead atoms. The minimum Gasteiger partial charge on any atom is -0.376 e. The van der Waals surface area contributed by atoms with Gasteiger partial charge in [-0.2, -0.15) is 0 Å². The molecule has 0 aliphatic heterocycles. The van der Waals surface area contributed by atoms with E-state index in [0.717, 1.165) is 12.8 Å². The summed E-state index contributed by atoms with van der Waals surface area (Å²) in [4.78, 5) is 10.8. The fraction of sp³-hybridized carbons (Fsp3) is 0.875. The van der Waals surface area contributed by atoms with E-state index in [0.29, 0.717) is 6.54 Å². The second-order valence-corrected chi connectivity index (χ2v) is 3.22. The molecule has 70 valence electrons. The van der Waals surface area contributed by atoms with Crippen LogP contribution in [0.2, 0.25) is 0 Å². The number of carbonyl (C=O) groups is 1. The number of nitrogens with one attached hydrogen (secondary N) is 1. The van der Waals surface area contributed by atoms with Crippen molar-refractivity contribution in [3.63, 3.8) is 0 Å². The van der Waals surface area contributed by atoms with Gasteiger partial charge < -0.3 is 15.8 Å². The predicted molar refractivity (Wildman–Crippen MR) is 45.7 cm³/mol. The van der Waals surface area contributed by atoms with Crippen molar-refractivity contribution in [1.82, 2.24) is 5.32 Å². The van der Waals surface area contributed by atoms with Crippen molar-refractivity contribution in [1.29, 1.82) is 0 Å². The summed E-state index contributed by atoms with van der Waals surface area (Å²) in [5.74, 6) is -0.113. The summed E-state index contributed by atoms with van der Waals surface area (Å²) in [7, 11) is 1.69. The van der Waals surface area contributed by atoms with Crippen LogP contribution in [-0.2, 0) is 9.53 Å². The Kier molecular flexibility index (Phi) is 3.05. The highest BCUT2D eigenvalue weighted by molar-refractivity contribution is 5.77. The van der Waals surface area contributed by atoms with Crippen LogP contribution in [0.25, 0.3) is 0 Å². The second kappa shape index (κ2) is 3.87. The van der Waals surface area contributed by atoms with Crippen molar-refractivity contribution in [3.05, 3.63) is 0 Å². The first-order valence-corrected chi connectivity index (χ1v) is 4.24. The Morgan fingerprint density at radius 2 is 2.33 bits per heavy atom. The maximum Gasteiger partial charge on any atom is 0.233 e. The topological polar surface area (TPSA) is 64.3 Å². The van der Waals surface area contributed by atoms with Gasteiger partial charge in [0.25, 0.3) is 0 Å². The smallest absolute Gasteiger partial charge is 0.233 e. The van der Waals surface area contributed by atoms with Gasteiger partial charge in [-0.15, -0.1) is 0 Å².